The molecule has 1 amide bonds. The third kappa shape index (κ3) is 3.70. The lowest BCUT2D eigenvalue weighted by molar-refractivity contribution is -0.131. The first-order valence-electron chi connectivity index (χ1n) is 5.23. The third-order valence-corrected chi connectivity index (χ3v) is 4.11. The van der Waals surface area contributed by atoms with Crippen molar-refractivity contribution in [2.24, 2.45) is 0 Å². The summed E-state index contributed by atoms with van der Waals surface area (Å²) in [4.78, 5) is 13.7. The van der Waals surface area contributed by atoms with E-state index >= 15 is 0 Å². The summed E-state index contributed by atoms with van der Waals surface area (Å²) in [5.74, 6) is 1.96. The van der Waals surface area contributed by atoms with Crippen LogP contribution in [0, 0.1) is 0 Å². The Bertz CT molecular complexity index is 189. The highest BCUT2D eigenvalue weighted by Gasteiger charge is 2.22. The van der Waals surface area contributed by atoms with Crippen LogP contribution in [0.2, 0.25) is 0 Å². The van der Waals surface area contributed by atoms with E-state index in [2.05, 4.69) is 6.92 Å². The Morgan fingerprint density at radius 2 is 2.43 bits per heavy atom. The van der Waals surface area contributed by atoms with Gasteiger partial charge in [0.05, 0.1) is 0 Å². The van der Waals surface area contributed by atoms with E-state index in [4.69, 9.17) is 11.6 Å². The number of rotatable bonds is 4. The van der Waals surface area contributed by atoms with E-state index in [1.165, 1.54) is 0 Å². The SMILES string of the molecule is CCC1CN(C(=O)CCCCl)CCS1. The fraction of sp³-hybridized carbons (Fsp3) is 0.900. The van der Waals surface area contributed by atoms with E-state index < -0.39 is 0 Å². The van der Waals surface area contributed by atoms with Crippen molar-refractivity contribution in [1.29, 1.82) is 0 Å². The number of carbonyl (C=O) groups excluding carboxylic acids is 1. The molecule has 14 heavy (non-hydrogen) atoms. The van der Waals surface area contributed by atoms with Crippen LogP contribution >= 0.6 is 23.4 Å². The first-order valence-corrected chi connectivity index (χ1v) is 6.81. The van der Waals surface area contributed by atoms with Crippen molar-refractivity contribution in [2.45, 2.75) is 31.4 Å². The highest BCUT2D eigenvalue weighted by atomic mass is 35.5. The maximum atomic E-state index is 11.7. The Balaban J connectivity index is 2.31. The van der Waals surface area contributed by atoms with E-state index in [-0.39, 0.29) is 5.91 Å². The fourth-order valence-corrected chi connectivity index (χ4v) is 2.88. The van der Waals surface area contributed by atoms with Crippen molar-refractivity contribution in [3.63, 3.8) is 0 Å². The van der Waals surface area contributed by atoms with Crippen LogP contribution in [0.25, 0.3) is 0 Å². The predicted octanol–water partition coefficient (Wildman–Crippen LogP) is 2.36. The molecule has 0 aromatic rings. The summed E-state index contributed by atoms with van der Waals surface area (Å²) in [5, 5.41) is 0.642. The normalized spacial score (nSPS) is 22.4. The van der Waals surface area contributed by atoms with E-state index in [0.717, 1.165) is 31.7 Å². The molecule has 1 heterocycles. The summed E-state index contributed by atoms with van der Waals surface area (Å²) in [7, 11) is 0. The van der Waals surface area contributed by atoms with E-state index in [9.17, 15) is 4.79 Å². The molecule has 4 heteroatoms. The highest BCUT2D eigenvalue weighted by Crippen LogP contribution is 2.21. The maximum absolute atomic E-state index is 11.7. The van der Waals surface area contributed by atoms with Crippen LogP contribution in [-0.2, 0) is 4.79 Å². The van der Waals surface area contributed by atoms with E-state index in [1.807, 2.05) is 16.7 Å². The second-order valence-corrected chi connectivity index (χ2v) is 5.32. The largest absolute Gasteiger partial charge is 0.341 e. The van der Waals surface area contributed by atoms with Gasteiger partial charge in [0.2, 0.25) is 5.91 Å². The molecule has 0 aromatic carbocycles. The Morgan fingerprint density at radius 3 is 3.07 bits per heavy atom. The van der Waals surface area contributed by atoms with Crippen LogP contribution in [0.5, 0.6) is 0 Å². The zero-order chi connectivity index (χ0) is 10.4. The van der Waals surface area contributed by atoms with Crippen LogP contribution in [0.1, 0.15) is 26.2 Å². The lowest BCUT2D eigenvalue weighted by Gasteiger charge is -2.32. The molecule has 0 spiro atoms. The van der Waals surface area contributed by atoms with E-state index in [0.29, 0.717) is 17.6 Å². The number of carbonyl (C=O) groups is 1. The Morgan fingerprint density at radius 1 is 1.64 bits per heavy atom. The Labute approximate surface area is 95.4 Å². The summed E-state index contributed by atoms with van der Waals surface area (Å²) >= 11 is 7.55. The lowest BCUT2D eigenvalue weighted by Crippen LogP contribution is -2.41. The third-order valence-electron chi connectivity index (χ3n) is 2.47. The number of hydrogen-bond acceptors (Lipinski definition) is 2. The molecule has 1 fully saturated rings. The van der Waals surface area contributed by atoms with Gasteiger partial charge < -0.3 is 4.90 Å². The first-order chi connectivity index (χ1) is 6.77. The molecule has 0 aromatic heterocycles. The van der Waals surface area contributed by atoms with Gasteiger partial charge in [-0.3, -0.25) is 4.79 Å². The van der Waals surface area contributed by atoms with Crippen molar-refractivity contribution >= 4 is 29.3 Å². The smallest absolute Gasteiger partial charge is 0.222 e. The second-order valence-electron chi connectivity index (χ2n) is 3.53. The number of hydrogen-bond donors (Lipinski definition) is 0. The van der Waals surface area contributed by atoms with Gasteiger partial charge in [-0.1, -0.05) is 6.92 Å². The molecule has 1 saturated heterocycles. The van der Waals surface area contributed by atoms with Gasteiger partial charge in [0, 0.05) is 36.4 Å². The molecule has 2 nitrogen and oxygen atoms in total. The minimum absolute atomic E-state index is 0.282. The second kappa shape index (κ2) is 6.57. The van der Waals surface area contributed by atoms with Gasteiger partial charge in [-0.2, -0.15) is 11.8 Å². The van der Waals surface area contributed by atoms with Gasteiger partial charge in [0.1, 0.15) is 0 Å². The zero-order valence-corrected chi connectivity index (χ0v) is 10.2. The average Bonchev–Trinajstić information content (AvgIpc) is 2.26. The summed E-state index contributed by atoms with van der Waals surface area (Å²) < 4.78 is 0. The summed E-state index contributed by atoms with van der Waals surface area (Å²) in [5.41, 5.74) is 0. The molecule has 1 aliphatic rings. The number of thioether (sulfide) groups is 1. The average molecular weight is 236 g/mol. The van der Waals surface area contributed by atoms with Crippen LogP contribution in [0.4, 0.5) is 0 Å². The van der Waals surface area contributed by atoms with Gasteiger partial charge in [0.15, 0.2) is 0 Å². The van der Waals surface area contributed by atoms with Gasteiger partial charge in [-0.05, 0) is 12.8 Å². The van der Waals surface area contributed by atoms with Gasteiger partial charge in [0.25, 0.3) is 0 Å². The monoisotopic (exact) mass is 235 g/mol. The molecule has 0 radical (unpaired) electrons. The van der Waals surface area contributed by atoms with Crippen LogP contribution in [-0.4, -0.2) is 40.8 Å². The van der Waals surface area contributed by atoms with Crippen molar-refractivity contribution < 1.29 is 4.79 Å². The van der Waals surface area contributed by atoms with Crippen molar-refractivity contribution in [3.8, 4) is 0 Å². The molecule has 1 rings (SSSR count). The molecule has 82 valence electrons. The van der Waals surface area contributed by atoms with Gasteiger partial charge in [-0.25, -0.2) is 0 Å². The van der Waals surface area contributed by atoms with Gasteiger partial charge >= 0.3 is 0 Å². The summed E-state index contributed by atoms with van der Waals surface area (Å²) in [6.45, 7) is 4.04. The maximum Gasteiger partial charge on any atom is 0.222 e. The molecular formula is C10H18ClNOS. The molecule has 1 atom stereocenters. The first kappa shape index (κ1) is 12.2. The molecule has 1 unspecified atom stereocenters. The van der Waals surface area contributed by atoms with Crippen LogP contribution < -0.4 is 0 Å². The quantitative estimate of drug-likeness (QED) is 0.698. The minimum atomic E-state index is 0.282. The lowest BCUT2D eigenvalue weighted by atomic mass is 10.2. The van der Waals surface area contributed by atoms with Crippen LogP contribution in [0.3, 0.4) is 0 Å². The number of alkyl halides is 1. The topological polar surface area (TPSA) is 20.3 Å². The van der Waals surface area contributed by atoms with Crippen LogP contribution in [0.15, 0.2) is 0 Å². The van der Waals surface area contributed by atoms with Gasteiger partial charge in [-0.15, -0.1) is 11.6 Å². The molecule has 0 aliphatic carbocycles. The van der Waals surface area contributed by atoms with E-state index in [1.54, 1.807) is 0 Å². The number of halogens is 1. The zero-order valence-electron chi connectivity index (χ0n) is 8.67. The van der Waals surface area contributed by atoms with Crippen molar-refractivity contribution in [2.75, 3.05) is 24.7 Å². The van der Waals surface area contributed by atoms with Crippen molar-refractivity contribution in [3.05, 3.63) is 0 Å². The Hall–Kier alpha value is 0.110. The minimum Gasteiger partial charge on any atom is -0.341 e. The molecule has 0 saturated carbocycles. The highest BCUT2D eigenvalue weighted by molar-refractivity contribution is 8.00. The predicted molar refractivity (Wildman–Crippen MR) is 63.1 cm³/mol. The molecule has 0 N–H and O–H groups in total. The summed E-state index contributed by atoms with van der Waals surface area (Å²) in [6.07, 6.45) is 2.58. The summed E-state index contributed by atoms with van der Waals surface area (Å²) in [6, 6.07) is 0. The molecule has 0 bridgehead atoms. The number of nitrogens with zero attached hydrogens (tertiary/aromatic N) is 1. The number of amides is 1. The van der Waals surface area contributed by atoms with Crippen molar-refractivity contribution in [1.82, 2.24) is 4.90 Å². The molecular weight excluding hydrogens is 218 g/mol. The Kier molecular flexibility index (Phi) is 5.71. The fourth-order valence-electron chi connectivity index (χ4n) is 1.57. The molecule has 1 aliphatic heterocycles. The standard InChI is InChI=1S/C10H18ClNOS/c1-2-9-8-12(6-7-14-9)10(13)4-3-5-11/h9H,2-8H2,1H3.